The second-order valence-electron chi connectivity index (χ2n) is 13.4. The van der Waals surface area contributed by atoms with Crippen molar-refractivity contribution in [1.82, 2.24) is 0 Å². The molecule has 1 aliphatic rings. The van der Waals surface area contributed by atoms with Crippen molar-refractivity contribution in [2.45, 2.75) is 136 Å². The summed E-state index contributed by atoms with van der Waals surface area (Å²) >= 11 is 0. The molecule has 1 fully saturated rings. The maximum Gasteiger partial charge on any atom is -0.0165 e. The van der Waals surface area contributed by atoms with E-state index in [1.165, 1.54) is 19.0 Å². The predicted octanol–water partition coefficient (Wildman–Crippen LogP) is 9.20. The van der Waals surface area contributed by atoms with Crippen LogP contribution in [0.25, 0.3) is 0 Å². The lowest BCUT2D eigenvalue weighted by molar-refractivity contribution is 0.224. The standard InChI is InChI=1S/C25H52P2/c1-18-15-20(17-26(22(3,4)5)23(6,7)8)21(16-19(18)2)27(24(9,10)11)25(12,13)14/h18-21H,15-17H2,1-14H3. The fourth-order valence-electron chi connectivity index (χ4n) is 5.97. The first-order chi connectivity index (χ1) is 11.8. The number of hydrogen-bond acceptors (Lipinski definition) is 0. The number of rotatable bonds is 3. The van der Waals surface area contributed by atoms with Crippen LogP contribution in [0.4, 0.5) is 0 Å². The van der Waals surface area contributed by atoms with Gasteiger partial charge >= 0.3 is 0 Å². The largest absolute Gasteiger partial charge is 0.0953 e. The minimum atomic E-state index is -0.0378. The van der Waals surface area contributed by atoms with Crippen molar-refractivity contribution < 1.29 is 0 Å². The van der Waals surface area contributed by atoms with Gasteiger partial charge in [-0.25, -0.2) is 0 Å². The third-order valence-electron chi connectivity index (χ3n) is 6.62. The molecule has 0 heterocycles. The maximum absolute atomic E-state index is 2.53. The van der Waals surface area contributed by atoms with E-state index in [-0.39, 0.29) is 15.8 Å². The van der Waals surface area contributed by atoms with E-state index in [4.69, 9.17) is 0 Å². The molecule has 0 radical (unpaired) electrons. The molecule has 0 N–H and O–H groups in total. The summed E-state index contributed by atoms with van der Waals surface area (Å²) in [6.45, 7) is 35.3. The molecule has 2 heteroatoms. The zero-order chi connectivity index (χ0) is 21.6. The van der Waals surface area contributed by atoms with E-state index in [0.29, 0.717) is 20.6 Å². The van der Waals surface area contributed by atoms with E-state index in [0.717, 1.165) is 23.4 Å². The van der Waals surface area contributed by atoms with Gasteiger partial charge in [-0.2, -0.15) is 0 Å². The van der Waals surface area contributed by atoms with Crippen LogP contribution in [-0.4, -0.2) is 32.4 Å². The summed E-state index contributed by atoms with van der Waals surface area (Å²) in [6, 6.07) is 0. The predicted molar refractivity (Wildman–Crippen MR) is 133 cm³/mol. The van der Waals surface area contributed by atoms with Crippen LogP contribution in [0.5, 0.6) is 0 Å². The van der Waals surface area contributed by atoms with Crippen molar-refractivity contribution >= 4 is 15.8 Å². The molecule has 1 rings (SSSR count). The summed E-state index contributed by atoms with van der Waals surface area (Å²) in [5.41, 5.74) is 0.931. The zero-order valence-corrected chi connectivity index (χ0v) is 23.1. The van der Waals surface area contributed by atoms with E-state index in [2.05, 4.69) is 96.9 Å². The van der Waals surface area contributed by atoms with Crippen molar-refractivity contribution in [2.75, 3.05) is 6.16 Å². The molecule has 4 unspecified atom stereocenters. The Hall–Kier alpha value is 0.860. The topological polar surface area (TPSA) is 0 Å². The molecule has 0 saturated heterocycles. The van der Waals surface area contributed by atoms with Crippen LogP contribution in [0.1, 0.15) is 110 Å². The Labute approximate surface area is 175 Å². The van der Waals surface area contributed by atoms with Crippen LogP contribution in [0.2, 0.25) is 0 Å². The highest BCUT2D eigenvalue weighted by Gasteiger charge is 2.48. The Morgan fingerprint density at radius 1 is 0.593 bits per heavy atom. The Morgan fingerprint density at radius 3 is 1.30 bits per heavy atom. The van der Waals surface area contributed by atoms with Crippen molar-refractivity contribution in [3.8, 4) is 0 Å². The number of hydrogen-bond donors (Lipinski definition) is 0. The molecule has 0 aromatic heterocycles. The molecule has 162 valence electrons. The lowest BCUT2D eigenvalue weighted by atomic mass is 9.76. The molecule has 4 atom stereocenters. The molecular weight excluding hydrogens is 362 g/mol. The van der Waals surface area contributed by atoms with Gasteiger partial charge in [0.2, 0.25) is 0 Å². The highest BCUT2D eigenvalue weighted by molar-refractivity contribution is 7.62. The third-order valence-corrected chi connectivity index (χ3v) is 14.9. The van der Waals surface area contributed by atoms with Gasteiger partial charge in [-0.3, -0.25) is 0 Å². The van der Waals surface area contributed by atoms with Crippen molar-refractivity contribution in [2.24, 2.45) is 17.8 Å². The van der Waals surface area contributed by atoms with Gasteiger partial charge in [0.1, 0.15) is 0 Å². The Morgan fingerprint density at radius 2 is 0.963 bits per heavy atom. The van der Waals surface area contributed by atoms with E-state index >= 15 is 0 Å². The smallest absolute Gasteiger partial charge is 0.0165 e. The quantitative estimate of drug-likeness (QED) is 0.404. The van der Waals surface area contributed by atoms with E-state index < -0.39 is 0 Å². The molecule has 0 aromatic rings. The average Bonchev–Trinajstić information content (AvgIpc) is 2.34. The van der Waals surface area contributed by atoms with Crippen LogP contribution in [0.3, 0.4) is 0 Å². The minimum absolute atomic E-state index is 0.0117. The van der Waals surface area contributed by atoms with Gasteiger partial charge < -0.3 is 0 Å². The molecule has 0 nitrogen and oxygen atoms in total. The average molecular weight is 415 g/mol. The van der Waals surface area contributed by atoms with Crippen molar-refractivity contribution in [1.29, 1.82) is 0 Å². The molecule has 0 amide bonds. The molecule has 1 saturated carbocycles. The fraction of sp³-hybridized carbons (Fsp3) is 1.00. The van der Waals surface area contributed by atoms with Crippen LogP contribution < -0.4 is 0 Å². The summed E-state index contributed by atoms with van der Waals surface area (Å²) in [4.78, 5) is 0. The van der Waals surface area contributed by atoms with Crippen molar-refractivity contribution in [3.63, 3.8) is 0 Å². The fourth-order valence-corrected chi connectivity index (χ4v) is 15.3. The Kier molecular flexibility index (Phi) is 8.19. The van der Waals surface area contributed by atoms with E-state index in [9.17, 15) is 0 Å². The zero-order valence-electron chi connectivity index (χ0n) is 21.3. The highest BCUT2D eigenvalue weighted by atomic mass is 31.1. The van der Waals surface area contributed by atoms with Gasteiger partial charge in [0.05, 0.1) is 0 Å². The van der Waals surface area contributed by atoms with Gasteiger partial charge in [-0.1, -0.05) is 113 Å². The van der Waals surface area contributed by atoms with Crippen LogP contribution >= 0.6 is 15.8 Å². The first-order valence-corrected chi connectivity index (χ1v) is 14.3. The third kappa shape index (κ3) is 6.95. The summed E-state index contributed by atoms with van der Waals surface area (Å²) in [7, 11) is -0.0495. The van der Waals surface area contributed by atoms with Gasteiger partial charge in [-0.05, 0) is 63.0 Å². The maximum atomic E-state index is 2.53. The van der Waals surface area contributed by atoms with Gasteiger partial charge in [0.15, 0.2) is 0 Å². The second kappa shape index (κ2) is 8.54. The Balaban J connectivity index is 3.33. The summed E-state index contributed by atoms with van der Waals surface area (Å²) in [5, 5.41) is 1.75. The highest BCUT2D eigenvalue weighted by Crippen LogP contribution is 2.69. The molecule has 0 spiro atoms. The van der Waals surface area contributed by atoms with E-state index in [1.807, 2.05) is 0 Å². The minimum Gasteiger partial charge on any atom is -0.0953 e. The molecule has 1 aliphatic carbocycles. The molecule has 27 heavy (non-hydrogen) atoms. The first-order valence-electron chi connectivity index (χ1n) is 11.3. The first kappa shape index (κ1) is 25.9. The molecule has 0 aromatic carbocycles. The van der Waals surface area contributed by atoms with Gasteiger partial charge in [0.25, 0.3) is 0 Å². The van der Waals surface area contributed by atoms with Gasteiger partial charge in [0, 0.05) is 0 Å². The van der Waals surface area contributed by atoms with Crippen LogP contribution in [-0.2, 0) is 0 Å². The lowest BCUT2D eigenvalue weighted by Crippen LogP contribution is -2.42. The van der Waals surface area contributed by atoms with Gasteiger partial charge in [-0.15, -0.1) is 0 Å². The summed E-state index contributed by atoms with van der Waals surface area (Å²) < 4.78 is 0. The summed E-state index contributed by atoms with van der Waals surface area (Å²) in [6.07, 6.45) is 4.40. The monoisotopic (exact) mass is 414 g/mol. The molecule has 0 bridgehead atoms. The molecule has 0 aliphatic heterocycles. The molecular formula is C25H52P2. The van der Waals surface area contributed by atoms with Crippen LogP contribution in [0, 0.1) is 17.8 Å². The second-order valence-corrected chi connectivity index (χ2v) is 21.4. The van der Waals surface area contributed by atoms with Crippen LogP contribution in [0.15, 0.2) is 0 Å². The SMILES string of the molecule is CC1CC(CP(C(C)(C)C)C(C)(C)C)C(P(C(C)(C)C)C(C)(C)C)CC1C. The summed E-state index contributed by atoms with van der Waals surface area (Å²) in [5.74, 6) is 2.70. The lowest BCUT2D eigenvalue weighted by Gasteiger charge is -2.54. The Bertz CT molecular complexity index is 439. The van der Waals surface area contributed by atoms with E-state index in [1.54, 1.807) is 0 Å². The normalized spacial score (nSPS) is 28.9. The van der Waals surface area contributed by atoms with Crippen molar-refractivity contribution in [3.05, 3.63) is 0 Å².